The number of alkyl halides is 3. The molecule has 1 rings (SSSR count). The molecule has 90 valence electrons. The molecule has 0 amide bonds. The minimum atomic E-state index is -4.67. The van der Waals surface area contributed by atoms with Gasteiger partial charge in [-0.1, -0.05) is 0 Å². The molecule has 2 N–H and O–H groups in total. The molecule has 3 nitrogen and oxygen atoms in total. The molecule has 0 bridgehead atoms. The molecule has 0 saturated heterocycles. The summed E-state index contributed by atoms with van der Waals surface area (Å²) >= 11 is 0. The van der Waals surface area contributed by atoms with Gasteiger partial charge in [0.2, 0.25) is 0 Å². The molecule has 0 heterocycles. The van der Waals surface area contributed by atoms with Crippen LogP contribution < -0.4 is 10.1 Å². The van der Waals surface area contributed by atoms with Crippen molar-refractivity contribution in [2.24, 2.45) is 0 Å². The van der Waals surface area contributed by atoms with Gasteiger partial charge in [0.25, 0.3) is 0 Å². The van der Waals surface area contributed by atoms with Crippen LogP contribution in [0.4, 0.5) is 18.9 Å². The summed E-state index contributed by atoms with van der Waals surface area (Å²) in [5, 5.41) is 11.8. The fraction of sp³-hybridized carbons (Fsp3) is 0.400. The average molecular weight is 235 g/mol. The Balaban J connectivity index is 2.54. The molecule has 0 spiro atoms. The van der Waals surface area contributed by atoms with Gasteiger partial charge in [-0.2, -0.15) is 0 Å². The summed E-state index contributed by atoms with van der Waals surface area (Å²) in [6.07, 6.45) is -5.19. The molecule has 0 aliphatic rings. The molecular weight excluding hydrogens is 223 g/mol. The lowest BCUT2D eigenvalue weighted by atomic mass is 10.3. The summed E-state index contributed by atoms with van der Waals surface area (Å²) in [7, 11) is 0. The van der Waals surface area contributed by atoms with Gasteiger partial charge in [-0.3, -0.25) is 0 Å². The zero-order valence-corrected chi connectivity index (χ0v) is 8.58. The largest absolute Gasteiger partial charge is 0.573 e. The van der Waals surface area contributed by atoms with Gasteiger partial charge >= 0.3 is 6.36 Å². The molecule has 1 unspecified atom stereocenters. The highest BCUT2D eigenvalue weighted by Crippen LogP contribution is 2.23. The zero-order chi connectivity index (χ0) is 12.2. The Morgan fingerprint density at radius 1 is 1.31 bits per heavy atom. The maximum Gasteiger partial charge on any atom is 0.573 e. The van der Waals surface area contributed by atoms with Crippen LogP contribution in [0.1, 0.15) is 6.92 Å². The fourth-order valence-electron chi connectivity index (χ4n) is 1.04. The summed E-state index contributed by atoms with van der Waals surface area (Å²) < 4.78 is 39.2. The van der Waals surface area contributed by atoms with E-state index in [0.717, 1.165) is 0 Å². The molecule has 6 heteroatoms. The van der Waals surface area contributed by atoms with Crippen molar-refractivity contribution in [1.29, 1.82) is 0 Å². The summed E-state index contributed by atoms with van der Waals surface area (Å²) in [6.45, 7) is 1.94. The summed E-state index contributed by atoms with van der Waals surface area (Å²) in [6, 6.07) is 5.31. The molecule has 1 aromatic rings. The number of benzene rings is 1. The van der Waals surface area contributed by atoms with Crippen LogP contribution >= 0.6 is 0 Å². The van der Waals surface area contributed by atoms with E-state index in [1.165, 1.54) is 24.3 Å². The van der Waals surface area contributed by atoms with Gasteiger partial charge in [0.15, 0.2) is 0 Å². The van der Waals surface area contributed by atoms with Crippen LogP contribution in [0.5, 0.6) is 5.75 Å². The van der Waals surface area contributed by atoms with Crippen LogP contribution in [-0.4, -0.2) is 24.1 Å². The van der Waals surface area contributed by atoms with Gasteiger partial charge < -0.3 is 15.2 Å². The maximum atomic E-state index is 11.8. The molecule has 0 radical (unpaired) electrons. The third kappa shape index (κ3) is 4.88. The van der Waals surface area contributed by atoms with Crippen molar-refractivity contribution in [3.8, 4) is 5.75 Å². The highest BCUT2D eigenvalue weighted by Gasteiger charge is 2.30. The predicted molar refractivity (Wildman–Crippen MR) is 53.3 cm³/mol. The monoisotopic (exact) mass is 235 g/mol. The number of aliphatic hydroxyl groups is 1. The molecule has 0 fully saturated rings. The summed E-state index contributed by atoms with van der Waals surface area (Å²) in [5.41, 5.74) is 0.621. The smallest absolute Gasteiger partial charge is 0.406 e. The Morgan fingerprint density at radius 3 is 2.31 bits per heavy atom. The van der Waals surface area contributed by atoms with Crippen LogP contribution in [0.15, 0.2) is 24.3 Å². The van der Waals surface area contributed by atoms with E-state index in [9.17, 15) is 13.2 Å². The first-order valence-electron chi connectivity index (χ1n) is 4.64. The Hall–Kier alpha value is -1.43. The van der Waals surface area contributed by atoms with Crippen LogP contribution in [0, 0.1) is 0 Å². The van der Waals surface area contributed by atoms with Crippen molar-refractivity contribution in [2.75, 3.05) is 11.9 Å². The predicted octanol–water partition coefficient (Wildman–Crippen LogP) is 2.38. The highest BCUT2D eigenvalue weighted by molar-refractivity contribution is 5.46. The van der Waals surface area contributed by atoms with E-state index in [-0.39, 0.29) is 5.75 Å². The lowest BCUT2D eigenvalue weighted by Gasteiger charge is -2.11. The zero-order valence-electron chi connectivity index (χ0n) is 8.58. The first-order valence-corrected chi connectivity index (χ1v) is 4.64. The molecule has 1 atom stereocenters. The molecule has 16 heavy (non-hydrogen) atoms. The number of nitrogens with one attached hydrogen (secondary N) is 1. The van der Waals surface area contributed by atoms with Gasteiger partial charge in [-0.15, -0.1) is 13.2 Å². The van der Waals surface area contributed by atoms with Gasteiger partial charge in [0.05, 0.1) is 6.10 Å². The van der Waals surface area contributed by atoms with E-state index in [2.05, 4.69) is 10.1 Å². The topological polar surface area (TPSA) is 41.5 Å². The van der Waals surface area contributed by atoms with E-state index < -0.39 is 12.5 Å². The Labute approximate surface area is 90.8 Å². The lowest BCUT2D eigenvalue weighted by Crippen LogP contribution is -2.17. The van der Waals surface area contributed by atoms with Crippen molar-refractivity contribution in [1.82, 2.24) is 0 Å². The van der Waals surface area contributed by atoms with Crippen LogP contribution in [0.25, 0.3) is 0 Å². The van der Waals surface area contributed by atoms with Gasteiger partial charge in [0.1, 0.15) is 5.75 Å². The van der Waals surface area contributed by atoms with Gasteiger partial charge in [0, 0.05) is 12.2 Å². The van der Waals surface area contributed by atoms with Crippen molar-refractivity contribution in [2.45, 2.75) is 19.4 Å². The molecule has 1 aromatic carbocycles. The van der Waals surface area contributed by atoms with Gasteiger partial charge in [-0.05, 0) is 31.2 Å². The van der Waals surface area contributed by atoms with E-state index in [1.54, 1.807) is 6.92 Å². The van der Waals surface area contributed by atoms with Gasteiger partial charge in [-0.25, -0.2) is 0 Å². The summed E-state index contributed by atoms with van der Waals surface area (Å²) in [5.74, 6) is -0.268. The van der Waals surface area contributed by atoms with E-state index in [0.29, 0.717) is 12.2 Å². The van der Waals surface area contributed by atoms with E-state index in [4.69, 9.17) is 5.11 Å². The second kappa shape index (κ2) is 5.07. The number of ether oxygens (including phenoxy) is 1. The third-order valence-corrected chi connectivity index (χ3v) is 1.69. The quantitative estimate of drug-likeness (QED) is 0.841. The molecule has 0 aliphatic heterocycles. The Bertz CT molecular complexity index is 322. The van der Waals surface area contributed by atoms with Crippen molar-refractivity contribution in [3.05, 3.63) is 24.3 Å². The Kier molecular flexibility index (Phi) is 4.00. The van der Waals surface area contributed by atoms with Crippen molar-refractivity contribution < 1.29 is 23.0 Å². The minimum absolute atomic E-state index is 0.268. The molecule has 0 aromatic heterocycles. The number of hydrogen-bond donors (Lipinski definition) is 2. The summed E-state index contributed by atoms with van der Waals surface area (Å²) in [4.78, 5) is 0. The molecule has 0 aliphatic carbocycles. The average Bonchev–Trinajstić information content (AvgIpc) is 2.14. The highest BCUT2D eigenvalue weighted by atomic mass is 19.4. The minimum Gasteiger partial charge on any atom is -0.406 e. The maximum absolute atomic E-state index is 11.8. The molecule has 0 saturated carbocycles. The second-order valence-electron chi connectivity index (χ2n) is 3.30. The first-order chi connectivity index (χ1) is 7.37. The first kappa shape index (κ1) is 12.6. The normalized spacial score (nSPS) is 13.3. The van der Waals surface area contributed by atoms with E-state index >= 15 is 0 Å². The number of hydrogen-bond acceptors (Lipinski definition) is 3. The second-order valence-corrected chi connectivity index (χ2v) is 3.30. The van der Waals surface area contributed by atoms with E-state index in [1.807, 2.05) is 0 Å². The number of rotatable bonds is 4. The van der Waals surface area contributed by atoms with Crippen molar-refractivity contribution >= 4 is 5.69 Å². The third-order valence-electron chi connectivity index (χ3n) is 1.69. The number of aliphatic hydroxyl groups excluding tert-OH is 1. The van der Waals surface area contributed by atoms with Crippen LogP contribution in [0.3, 0.4) is 0 Å². The SMILES string of the molecule is CC(O)CNc1ccc(OC(F)(F)F)cc1. The molecular formula is C10H12F3NO2. The lowest BCUT2D eigenvalue weighted by molar-refractivity contribution is -0.274. The Morgan fingerprint density at radius 2 is 1.88 bits per heavy atom. The standard InChI is InChI=1S/C10H12F3NO2/c1-7(15)6-14-8-2-4-9(5-3-8)16-10(11,12)13/h2-5,7,14-15H,6H2,1H3. The van der Waals surface area contributed by atoms with Crippen LogP contribution in [0.2, 0.25) is 0 Å². The fourth-order valence-corrected chi connectivity index (χ4v) is 1.04. The number of halogens is 3. The van der Waals surface area contributed by atoms with Crippen molar-refractivity contribution in [3.63, 3.8) is 0 Å². The van der Waals surface area contributed by atoms with Crippen LogP contribution in [-0.2, 0) is 0 Å². The number of anilines is 1.